The van der Waals surface area contributed by atoms with E-state index in [1.165, 1.54) is 38.8 Å². The van der Waals surface area contributed by atoms with Crippen molar-refractivity contribution in [2.45, 2.75) is 38.1 Å². The fourth-order valence-electron chi connectivity index (χ4n) is 5.28. The van der Waals surface area contributed by atoms with Gasteiger partial charge >= 0.3 is 0 Å². The Morgan fingerprint density at radius 2 is 1.71 bits per heavy atom. The third-order valence-electron chi connectivity index (χ3n) is 8.16. The van der Waals surface area contributed by atoms with E-state index in [9.17, 15) is 8.42 Å². The van der Waals surface area contributed by atoms with Crippen LogP contribution in [-0.2, 0) is 14.8 Å². The zero-order valence-electron chi connectivity index (χ0n) is 21.0. The Hall–Kier alpha value is -1.53. The van der Waals surface area contributed by atoms with Crippen LogP contribution in [0.4, 0.5) is 5.82 Å². The summed E-state index contributed by atoms with van der Waals surface area (Å²) in [5, 5.41) is 0. The first-order valence-corrected chi connectivity index (χ1v) is 14.7. The molecule has 3 aliphatic heterocycles. The lowest BCUT2D eigenvalue weighted by Crippen LogP contribution is -2.50. The molecule has 0 radical (unpaired) electrons. The van der Waals surface area contributed by atoms with Crippen LogP contribution < -0.4 is 9.64 Å². The van der Waals surface area contributed by atoms with Gasteiger partial charge in [0, 0.05) is 51.4 Å². The minimum atomic E-state index is -3.26. The number of piperazine rings is 1. The first-order valence-electron chi connectivity index (χ1n) is 13.1. The number of morpholine rings is 1. The molecule has 0 spiro atoms. The van der Waals surface area contributed by atoms with Gasteiger partial charge in [0.05, 0.1) is 38.0 Å². The zero-order valence-corrected chi connectivity index (χ0v) is 21.8. The van der Waals surface area contributed by atoms with Crippen LogP contribution in [-0.4, -0.2) is 123 Å². The second-order valence-electron chi connectivity index (χ2n) is 10.6. The number of nitrogens with zero attached hydrogens (tertiary/aromatic N) is 6. The van der Waals surface area contributed by atoms with Gasteiger partial charge in [-0.25, -0.2) is 18.4 Å². The lowest BCUT2D eigenvalue weighted by Gasteiger charge is -2.36. The van der Waals surface area contributed by atoms with E-state index >= 15 is 0 Å². The van der Waals surface area contributed by atoms with Crippen LogP contribution in [0.15, 0.2) is 12.4 Å². The highest BCUT2D eigenvalue weighted by Gasteiger charge is 2.44. The summed E-state index contributed by atoms with van der Waals surface area (Å²) in [5.74, 6) is 2.08. The second-order valence-corrected chi connectivity index (χ2v) is 12.7. The van der Waals surface area contributed by atoms with E-state index < -0.39 is 10.0 Å². The van der Waals surface area contributed by atoms with Crippen LogP contribution in [0, 0.1) is 5.92 Å². The Labute approximate surface area is 209 Å². The molecule has 4 aliphatic rings. The lowest BCUT2D eigenvalue weighted by molar-refractivity contribution is 0.0407. The number of hydrogen-bond acceptors (Lipinski definition) is 9. The molecule has 0 amide bonds. The topological polar surface area (TPSA) is 91.3 Å². The standard InChI is InChI=1S/C24H40N6O4S/c1-24(4-5-24)29-6-2-21(3-7-29)20-34-23-19-25-22(18-26-23)28-8-10-30(11-9-28)35(31,32)17-14-27-12-15-33-16-13-27/h18-19,21H,2-17,20H2,1H3. The van der Waals surface area contributed by atoms with E-state index in [0.717, 1.165) is 18.9 Å². The van der Waals surface area contributed by atoms with E-state index in [0.29, 0.717) is 69.9 Å². The predicted molar refractivity (Wildman–Crippen MR) is 134 cm³/mol. The van der Waals surface area contributed by atoms with E-state index in [1.807, 2.05) is 0 Å². The average Bonchev–Trinajstić information content (AvgIpc) is 3.66. The zero-order chi connectivity index (χ0) is 24.3. The molecule has 0 atom stereocenters. The number of hydrogen-bond donors (Lipinski definition) is 0. The molecule has 4 heterocycles. The second kappa shape index (κ2) is 10.8. The quantitative estimate of drug-likeness (QED) is 0.483. The molecule has 10 nitrogen and oxygen atoms in total. The minimum Gasteiger partial charge on any atom is -0.476 e. The number of sulfonamides is 1. The van der Waals surface area contributed by atoms with Crippen LogP contribution in [0.1, 0.15) is 32.6 Å². The van der Waals surface area contributed by atoms with Crippen LogP contribution in [0.3, 0.4) is 0 Å². The molecular formula is C24H40N6O4S. The molecule has 3 saturated heterocycles. The van der Waals surface area contributed by atoms with Crippen LogP contribution in [0.25, 0.3) is 0 Å². The maximum Gasteiger partial charge on any atom is 0.232 e. The van der Waals surface area contributed by atoms with Crippen molar-refractivity contribution in [1.82, 2.24) is 24.1 Å². The van der Waals surface area contributed by atoms with E-state index in [4.69, 9.17) is 9.47 Å². The maximum absolute atomic E-state index is 12.8. The highest BCUT2D eigenvalue weighted by Crippen LogP contribution is 2.42. The van der Waals surface area contributed by atoms with E-state index in [-0.39, 0.29) is 5.75 Å². The Morgan fingerprint density at radius 1 is 1.00 bits per heavy atom. The number of likely N-dealkylation sites (tertiary alicyclic amines) is 1. The number of aromatic nitrogens is 2. The summed E-state index contributed by atoms with van der Waals surface area (Å²) in [4.78, 5) is 15.9. The van der Waals surface area contributed by atoms with Gasteiger partial charge < -0.3 is 14.4 Å². The van der Waals surface area contributed by atoms with Gasteiger partial charge in [0.2, 0.25) is 15.9 Å². The summed E-state index contributed by atoms with van der Waals surface area (Å²) in [7, 11) is -3.26. The highest BCUT2D eigenvalue weighted by atomic mass is 32.2. The van der Waals surface area contributed by atoms with E-state index in [2.05, 4.69) is 31.6 Å². The van der Waals surface area contributed by atoms with E-state index in [1.54, 1.807) is 16.7 Å². The molecule has 1 aliphatic carbocycles. The van der Waals surface area contributed by atoms with Crippen molar-refractivity contribution in [2.75, 3.05) is 89.4 Å². The Bertz CT molecular complexity index is 920. The van der Waals surface area contributed by atoms with Crippen LogP contribution >= 0.6 is 0 Å². The van der Waals surface area contributed by atoms with Gasteiger partial charge in [-0.3, -0.25) is 9.80 Å². The lowest BCUT2D eigenvalue weighted by atomic mass is 9.96. The molecule has 4 fully saturated rings. The van der Waals surface area contributed by atoms with Crippen molar-refractivity contribution >= 4 is 15.8 Å². The summed E-state index contributed by atoms with van der Waals surface area (Å²) in [6, 6.07) is 0. The summed E-state index contributed by atoms with van der Waals surface area (Å²) >= 11 is 0. The van der Waals surface area contributed by atoms with Gasteiger partial charge in [-0.05, 0) is 51.6 Å². The van der Waals surface area contributed by atoms with Crippen molar-refractivity contribution in [3.8, 4) is 5.88 Å². The molecule has 5 rings (SSSR count). The predicted octanol–water partition coefficient (Wildman–Crippen LogP) is 0.904. The van der Waals surface area contributed by atoms with Crippen LogP contribution in [0.5, 0.6) is 5.88 Å². The summed E-state index contributed by atoms with van der Waals surface area (Å²) in [6.45, 7) is 11.1. The maximum atomic E-state index is 12.8. The first-order chi connectivity index (χ1) is 16.9. The molecule has 11 heteroatoms. The smallest absolute Gasteiger partial charge is 0.232 e. The Morgan fingerprint density at radius 3 is 2.34 bits per heavy atom. The third-order valence-corrected chi connectivity index (χ3v) is 10.0. The van der Waals surface area contributed by atoms with Gasteiger partial charge in [-0.2, -0.15) is 4.31 Å². The molecule has 1 saturated carbocycles. The fourth-order valence-corrected chi connectivity index (χ4v) is 6.75. The minimum absolute atomic E-state index is 0.164. The average molecular weight is 509 g/mol. The Kier molecular flexibility index (Phi) is 7.78. The highest BCUT2D eigenvalue weighted by molar-refractivity contribution is 7.89. The van der Waals surface area contributed by atoms with Gasteiger partial charge in [-0.1, -0.05) is 0 Å². The normalized spacial score (nSPS) is 25.0. The molecule has 1 aromatic heterocycles. The SMILES string of the molecule is CC1(N2CCC(COc3cnc(N4CCN(S(=O)(=O)CCN5CCOCC5)CC4)cn3)CC2)CC1. The first kappa shape index (κ1) is 25.1. The van der Waals surface area contributed by atoms with Crippen molar-refractivity contribution in [1.29, 1.82) is 0 Å². The third kappa shape index (κ3) is 6.43. The van der Waals surface area contributed by atoms with Crippen molar-refractivity contribution < 1.29 is 17.9 Å². The van der Waals surface area contributed by atoms with Gasteiger partial charge in [0.1, 0.15) is 5.82 Å². The number of anilines is 1. The van der Waals surface area contributed by atoms with Crippen LogP contribution in [0.2, 0.25) is 0 Å². The monoisotopic (exact) mass is 508 g/mol. The summed E-state index contributed by atoms with van der Waals surface area (Å²) in [6.07, 6.45) is 8.49. The molecule has 0 unspecified atom stereocenters. The summed E-state index contributed by atoms with van der Waals surface area (Å²) < 4.78 is 38.5. The molecule has 35 heavy (non-hydrogen) atoms. The molecule has 0 aromatic carbocycles. The van der Waals surface area contributed by atoms with Gasteiger partial charge in [0.25, 0.3) is 0 Å². The summed E-state index contributed by atoms with van der Waals surface area (Å²) in [5.41, 5.74) is 0.478. The Balaban J connectivity index is 1.03. The van der Waals surface area contributed by atoms with Crippen molar-refractivity contribution in [3.63, 3.8) is 0 Å². The van der Waals surface area contributed by atoms with Gasteiger partial charge in [-0.15, -0.1) is 0 Å². The molecule has 1 aromatic rings. The largest absolute Gasteiger partial charge is 0.476 e. The number of ether oxygens (including phenoxy) is 2. The molecular weight excluding hydrogens is 468 g/mol. The fraction of sp³-hybridized carbons (Fsp3) is 0.833. The van der Waals surface area contributed by atoms with Crippen molar-refractivity contribution in [2.24, 2.45) is 5.92 Å². The number of piperidine rings is 1. The molecule has 196 valence electrons. The number of rotatable bonds is 9. The van der Waals surface area contributed by atoms with Crippen molar-refractivity contribution in [3.05, 3.63) is 12.4 Å². The molecule has 0 bridgehead atoms. The van der Waals surface area contributed by atoms with Gasteiger partial charge in [0.15, 0.2) is 0 Å². The molecule has 0 N–H and O–H groups in total.